The van der Waals surface area contributed by atoms with E-state index in [-0.39, 0.29) is 0 Å². The quantitative estimate of drug-likeness (QED) is 0.834. The van der Waals surface area contributed by atoms with Gasteiger partial charge in [-0.1, -0.05) is 19.1 Å². The fourth-order valence-corrected chi connectivity index (χ4v) is 4.73. The molecular weight excluding hydrogens is 314 g/mol. The topological polar surface area (TPSA) is 37.4 Å². The predicted molar refractivity (Wildman–Crippen MR) is 75.9 cm³/mol. The van der Waals surface area contributed by atoms with Gasteiger partial charge in [0.05, 0.1) is 4.90 Å². The van der Waals surface area contributed by atoms with Crippen molar-refractivity contribution in [1.29, 1.82) is 0 Å². The molecule has 1 fully saturated rings. The van der Waals surface area contributed by atoms with E-state index in [9.17, 15) is 8.42 Å². The van der Waals surface area contributed by atoms with Crippen molar-refractivity contribution in [3.63, 3.8) is 0 Å². The smallest absolute Gasteiger partial charge is 0.207 e. The monoisotopic (exact) mass is 331 g/mol. The molecule has 1 aromatic rings. The maximum Gasteiger partial charge on any atom is 0.244 e. The highest BCUT2D eigenvalue weighted by molar-refractivity contribution is 9.10. The van der Waals surface area contributed by atoms with Crippen molar-refractivity contribution in [2.75, 3.05) is 13.1 Å². The minimum absolute atomic E-state index is 0.375. The maximum atomic E-state index is 12.6. The van der Waals surface area contributed by atoms with Gasteiger partial charge in [-0.05, 0) is 53.2 Å². The van der Waals surface area contributed by atoms with E-state index in [2.05, 4.69) is 22.9 Å². The Kier molecular flexibility index (Phi) is 4.45. The third-order valence-electron chi connectivity index (χ3n) is 3.43. The van der Waals surface area contributed by atoms with Crippen LogP contribution >= 0.6 is 15.9 Å². The molecule has 18 heavy (non-hydrogen) atoms. The fourth-order valence-electron chi connectivity index (χ4n) is 2.27. The Balaban J connectivity index is 2.28. The van der Waals surface area contributed by atoms with E-state index in [4.69, 9.17) is 0 Å². The molecule has 0 spiro atoms. The third-order valence-corrected chi connectivity index (χ3v) is 6.34. The predicted octanol–water partition coefficient (Wildman–Crippen LogP) is 3.26. The molecule has 0 aromatic heterocycles. The van der Waals surface area contributed by atoms with E-state index in [1.807, 2.05) is 6.07 Å². The summed E-state index contributed by atoms with van der Waals surface area (Å²) < 4.78 is 27.4. The first-order valence-electron chi connectivity index (χ1n) is 6.26. The van der Waals surface area contributed by atoms with Crippen molar-refractivity contribution >= 4 is 26.0 Å². The van der Waals surface area contributed by atoms with Crippen LogP contribution in [0, 0.1) is 5.92 Å². The van der Waals surface area contributed by atoms with Crippen LogP contribution in [0.2, 0.25) is 0 Å². The first kappa shape index (κ1) is 14.0. The highest BCUT2D eigenvalue weighted by atomic mass is 79.9. The molecule has 1 aliphatic rings. The number of sulfonamides is 1. The van der Waals surface area contributed by atoms with Gasteiger partial charge in [0, 0.05) is 17.6 Å². The number of hydrogen-bond donors (Lipinski definition) is 0. The molecule has 0 bridgehead atoms. The van der Waals surface area contributed by atoms with Crippen LogP contribution in [0.1, 0.15) is 26.2 Å². The van der Waals surface area contributed by atoms with E-state index in [0.29, 0.717) is 28.4 Å². The lowest BCUT2D eigenvalue weighted by atomic mass is 10.0. The summed E-state index contributed by atoms with van der Waals surface area (Å²) in [6, 6.07) is 7.02. The van der Waals surface area contributed by atoms with Gasteiger partial charge in [0.2, 0.25) is 10.0 Å². The molecule has 0 aliphatic carbocycles. The summed E-state index contributed by atoms with van der Waals surface area (Å²) >= 11 is 3.32. The van der Waals surface area contributed by atoms with Gasteiger partial charge in [-0.2, -0.15) is 4.31 Å². The summed E-state index contributed by atoms with van der Waals surface area (Å²) in [7, 11) is -3.35. The van der Waals surface area contributed by atoms with Crippen molar-refractivity contribution in [2.24, 2.45) is 5.92 Å². The average Bonchev–Trinajstić information content (AvgIpc) is 2.54. The summed E-state index contributed by atoms with van der Waals surface area (Å²) in [5, 5.41) is 0. The molecule has 1 aliphatic heterocycles. The maximum absolute atomic E-state index is 12.6. The van der Waals surface area contributed by atoms with Crippen molar-refractivity contribution < 1.29 is 8.42 Å². The summed E-state index contributed by atoms with van der Waals surface area (Å²) in [6.45, 7) is 3.45. The number of benzene rings is 1. The van der Waals surface area contributed by atoms with Crippen LogP contribution < -0.4 is 0 Å². The highest BCUT2D eigenvalue weighted by Crippen LogP contribution is 2.27. The molecule has 0 amide bonds. The third kappa shape index (κ3) is 2.95. The molecule has 0 radical (unpaired) electrons. The molecule has 5 heteroatoms. The van der Waals surface area contributed by atoms with Crippen molar-refractivity contribution in [2.45, 2.75) is 31.1 Å². The van der Waals surface area contributed by atoms with Crippen LogP contribution in [-0.4, -0.2) is 25.8 Å². The Hall–Kier alpha value is -0.390. The van der Waals surface area contributed by atoms with Crippen molar-refractivity contribution in [3.05, 3.63) is 28.7 Å². The van der Waals surface area contributed by atoms with Gasteiger partial charge >= 0.3 is 0 Å². The Morgan fingerprint density at radius 2 is 1.94 bits per heavy atom. The van der Waals surface area contributed by atoms with Gasteiger partial charge in [0.1, 0.15) is 0 Å². The lowest BCUT2D eigenvalue weighted by molar-refractivity contribution is 0.416. The average molecular weight is 332 g/mol. The summed E-state index contributed by atoms with van der Waals surface area (Å²) in [5.74, 6) is 0.615. The molecule has 100 valence electrons. The lowest BCUT2D eigenvalue weighted by Crippen LogP contribution is -2.32. The second-order valence-corrected chi connectivity index (χ2v) is 7.63. The zero-order chi connectivity index (χ0) is 13.2. The zero-order valence-corrected chi connectivity index (χ0v) is 12.9. The summed E-state index contributed by atoms with van der Waals surface area (Å²) in [6.07, 6.45) is 3.01. The van der Waals surface area contributed by atoms with Crippen LogP contribution in [0.25, 0.3) is 0 Å². The van der Waals surface area contributed by atoms with Crippen LogP contribution in [0.15, 0.2) is 33.6 Å². The van der Waals surface area contributed by atoms with Crippen LogP contribution in [0.3, 0.4) is 0 Å². The molecule has 1 aromatic carbocycles. The second-order valence-electron chi connectivity index (χ2n) is 4.87. The minimum Gasteiger partial charge on any atom is -0.207 e. The zero-order valence-electron chi connectivity index (χ0n) is 10.5. The van der Waals surface area contributed by atoms with Gasteiger partial charge in [-0.3, -0.25) is 0 Å². The molecular formula is C13H18BrNO2S. The molecule has 1 saturated heterocycles. The summed E-state index contributed by atoms with van der Waals surface area (Å²) in [4.78, 5) is 0.375. The normalized spacial score (nSPS) is 22.7. The van der Waals surface area contributed by atoms with Crippen molar-refractivity contribution in [1.82, 2.24) is 4.31 Å². The van der Waals surface area contributed by atoms with Gasteiger partial charge < -0.3 is 0 Å². The molecule has 3 nitrogen and oxygen atoms in total. The molecule has 0 saturated carbocycles. The van der Waals surface area contributed by atoms with E-state index in [1.165, 1.54) is 0 Å². The van der Waals surface area contributed by atoms with E-state index in [0.717, 1.165) is 19.3 Å². The molecule has 0 N–H and O–H groups in total. The van der Waals surface area contributed by atoms with Gasteiger partial charge in [0.25, 0.3) is 0 Å². The van der Waals surface area contributed by atoms with E-state index in [1.54, 1.807) is 22.5 Å². The van der Waals surface area contributed by atoms with Crippen LogP contribution in [0.4, 0.5) is 0 Å². The second kappa shape index (κ2) is 5.72. The largest absolute Gasteiger partial charge is 0.244 e. The first-order chi connectivity index (χ1) is 8.51. The van der Waals surface area contributed by atoms with E-state index < -0.39 is 10.0 Å². The number of rotatable bonds is 2. The molecule has 1 atom stereocenters. The number of halogens is 1. The van der Waals surface area contributed by atoms with Gasteiger partial charge in [0.15, 0.2) is 0 Å². The Morgan fingerprint density at radius 3 is 2.67 bits per heavy atom. The molecule has 1 unspecified atom stereocenters. The first-order valence-corrected chi connectivity index (χ1v) is 8.50. The summed E-state index contributed by atoms with van der Waals surface area (Å²) in [5.41, 5.74) is 0. The molecule has 2 rings (SSSR count). The van der Waals surface area contributed by atoms with E-state index >= 15 is 0 Å². The lowest BCUT2D eigenvalue weighted by Gasteiger charge is -2.20. The Morgan fingerprint density at radius 1 is 1.22 bits per heavy atom. The van der Waals surface area contributed by atoms with Crippen LogP contribution in [0.5, 0.6) is 0 Å². The number of hydrogen-bond acceptors (Lipinski definition) is 2. The number of nitrogens with zero attached hydrogens (tertiary/aromatic N) is 1. The SMILES string of the molecule is CC1CCCN(S(=O)(=O)c2ccccc2Br)CC1. The Labute approximate surface area is 117 Å². The fraction of sp³-hybridized carbons (Fsp3) is 0.538. The van der Waals surface area contributed by atoms with Gasteiger partial charge in [-0.15, -0.1) is 0 Å². The molecule has 1 heterocycles. The minimum atomic E-state index is -3.35. The van der Waals surface area contributed by atoms with Crippen molar-refractivity contribution in [3.8, 4) is 0 Å². The highest BCUT2D eigenvalue weighted by Gasteiger charge is 2.27. The van der Waals surface area contributed by atoms with Gasteiger partial charge in [-0.25, -0.2) is 8.42 Å². The standard InChI is InChI=1S/C13H18BrNO2S/c1-11-5-4-9-15(10-8-11)18(16,17)13-7-3-2-6-12(13)14/h2-3,6-7,11H,4-5,8-10H2,1H3. The Bertz CT molecular complexity index is 515. The van der Waals surface area contributed by atoms with Crippen LogP contribution in [-0.2, 0) is 10.0 Å².